The first-order valence-corrected chi connectivity index (χ1v) is 6.14. The van der Waals surface area contributed by atoms with Crippen molar-refractivity contribution in [3.05, 3.63) is 41.3 Å². The molecule has 0 fully saturated rings. The third-order valence-electron chi connectivity index (χ3n) is 3.29. The summed E-state index contributed by atoms with van der Waals surface area (Å²) in [5.74, 6) is 1.01. The van der Waals surface area contributed by atoms with Gasteiger partial charge in [-0.2, -0.15) is 0 Å². The van der Waals surface area contributed by atoms with E-state index in [0.29, 0.717) is 24.0 Å². The van der Waals surface area contributed by atoms with Crippen LogP contribution in [0, 0.1) is 43.7 Å². The minimum absolute atomic E-state index is 0.156. The van der Waals surface area contributed by atoms with Crippen molar-refractivity contribution in [3.8, 4) is 12.3 Å². The molecule has 1 atom stereocenters. The molecule has 0 saturated heterocycles. The molecule has 0 aliphatic carbocycles. The third kappa shape index (κ3) is 2.72. The highest BCUT2D eigenvalue weighted by Crippen LogP contribution is 2.34. The predicted molar refractivity (Wildman–Crippen MR) is 71.2 cm³/mol. The van der Waals surface area contributed by atoms with Crippen LogP contribution in [-0.2, 0) is 6.42 Å². The zero-order valence-electron chi connectivity index (χ0n) is 11.2. The topological polar surface area (TPSA) is 0 Å². The summed E-state index contributed by atoms with van der Waals surface area (Å²) in [6.45, 7) is 9.28. The number of terminal acetylenes is 1. The summed E-state index contributed by atoms with van der Waals surface area (Å²) in [4.78, 5) is 0. The molecule has 1 aromatic rings. The molecule has 1 radical (unpaired) electrons. The maximum Gasteiger partial charge on any atom is 0.162 e. The molecule has 18 heavy (non-hydrogen) atoms. The van der Waals surface area contributed by atoms with E-state index in [1.165, 1.54) is 0 Å². The number of hydrogen-bond acceptors (Lipinski definition) is 0. The summed E-state index contributed by atoms with van der Waals surface area (Å²) in [5, 5.41) is 0. The molecule has 0 saturated carbocycles. The molecule has 0 amide bonds. The molecule has 0 unspecified atom stereocenters. The second-order valence-corrected chi connectivity index (χ2v) is 4.90. The smallest absolute Gasteiger partial charge is 0.162 e. The Bertz CT molecular complexity index is 467. The molecule has 1 aromatic carbocycles. The molecule has 2 heteroatoms. The van der Waals surface area contributed by atoms with Crippen molar-refractivity contribution in [3.63, 3.8) is 0 Å². The van der Waals surface area contributed by atoms with Gasteiger partial charge in [0.05, 0.1) is 0 Å². The van der Waals surface area contributed by atoms with Gasteiger partial charge in [0.15, 0.2) is 11.6 Å². The van der Waals surface area contributed by atoms with E-state index in [2.05, 4.69) is 12.8 Å². The zero-order chi connectivity index (χ0) is 13.9. The van der Waals surface area contributed by atoms with E-state index in [-0.39, 0.29) is 11.8 Å². The summed E-state index contributed by atoms with van der Waals surface area (Å²) < 4.78 is 27.9. The zero-order valence-corrected chi connectivity index (χ0v) is 11.2. The van der Waals surface area contributed by atoms with Gasteiger partial charge in [0, 0.05) is 12.3 Å². The van der Waals surface area contributed by atoms with Crippen LogP contribution in [0.2, 0.25) is 0 Å². The minimum Gasteiger partial charge on any atom is -0.203 e. The average Bonchev–Trinajstić information content (AvgIpc) is 2.33. The van der Waals surface area contributed by atoms with Gasteiger partial charge in [-0.05, 0) is 42.9 Å². The SMILES string of the molecule is C#CC[C@@H](c1c(C[CH2])cc(C)c(F)c1F)C(C)C. The van der Waals surface area contributed by atoms with E-state index in [1.54, 1.807) is 13.0 Å². The fourth-order valence-corrected chi connectivity index (χ4v) is 2.24. The number of aryl methyl sites for hydroxylation is 1. The molecular formula is C16H19F2. The van der Waals surface area contributed by atoms with Crippen LogP contribution in [0.25, 0.3) is 0 Å². The molecule has 0 aliphatic heterocycles. The molecule has 0 heterocycles. The predicted octanol–water partition coefficient (Wildman–Crippen LogP) is 4.41. The Kier molecular flexibility index (Phi) is 4.90. The van der Waals surface area contributed by atoms with Crippen LogP contribution >= 0.6 is 0 Å². The maximum atomic E-state index is 14.2. The number of hydrogen-bond donors (Lipinski definition) is 0. The summed E-state index contributed by atoms with van der Waals surface area (Å²) >= 11 is 0. The van der Waals surface area contributed by atoms with Crippen LogP contribution in [-0.4, -0.2) is 0 Å². The van der Waals surface area contributed by atoms with Gasteiger partial charge in [-0.25, -0.2) is 8.78 Å². The summed E-state index contributed by atoms with van der Waals surface area (Å²) in [7, 11) is 0. The Morgan fingerprint density at radius 3 is 2.39 bits per heavy atom. The van der Waals surface area contributed by atoms with Gasteiger partial charge in [0.25, 0.3) is 0 Å². The van der Waals surface area contributed by atoms with Crippen molar-refractivity contribution in [2.45, 2.75) is 39.5 Å². The molecule has 0 aromatic heterocycles. The molecule has 1 rings (SSSR count). The van der Waals surface area contributed by atoms with E-state index in [0.717, 1.165) is 5.56 Å². The van der Waals surface area contributed by atoms with Gasteiger partial charge in [0.2, 0.25) is 0 Å². The van der Waals surface area contributed by atoms with Crippen LogP contribution in [0.1, 0.15) is 42.9 Å². The highest BCUT2D eigenvalue weighted by atomic mass is 19.2. The highest BCUT2D eigenvalue weighted by Gasteiger charge is 2.24. The van der Waals surface area contributed by atoms with Crippen molar-refractivity contribution in [2.75, 3.05) is 0 Å². The summed E-state index contributed by atoms with van der Waals surface area (Å²) in [6.07, 6.45) is 6.17. The number of rotatable bonds is 4. The van der Waals surface area contributed by atoms with E-state index in [9.17, 15) is 8.78 Å². The van der Waals surface area contributed by atoms with Crippen molar-refractivity contribution in [1.29, 1.82) is 0 Å². The van der Waals surface area contributed by atoms with Crippen molar-refractivity contribution in [1.82, 2.24) is 0 Å². The van der Waals surface area contributed by atoms with Gasteiger partial charge < -0.3 is 0 Å². The van der Waals surface area contributed by atoms with E-state index < -0.39 is 11.6 Å². The average molecular weight is 249 g/mol. The van der Waals surface area contributed by atoms with Crippen LogP contribution in [0.15, 0.2) is 6.07 Å². The van der Waals surface area contributed by atoms with E-state index in [1.807, 2.05) is 13.8 Å². The first-order chi connectivity index (χ1) is 8.43. The van der Waals surface area contributed by atoms with E-state index in [4.69, 9.17) is 6.42 Å². The molecule has 0 spiro atoms. The van der Waals surface area contributed by atoms with Crippen LogP contribution in [0.3, 0.4) is 0 Å². The van der Waals surface area contributed by atoms with Gasteiger partial charge in [-0.15, -0.1) is 12.3 Å². The van der Waals surface area contributed by atoms with Crippen molar-refractivity contribution < 1.29 is 8.78 Å². The highest BCUT2D eigenvalue weighted by molar-refractivity contribution is 5.38. The number of halogens is 2. The van der Waals surface area contributed by atoms with Gasteiger partial charge in [-0.3, -0.25) is 0 Å². The van der Waals surface area contributed by atoms with Gasteiger partial charge in [0.1, 0.15) is 0 Å². The molecule has 0 N–H and O–H groups in total. The minimum atomic E-state index is -0.773. The second kappa shape index (κ2) is 6.00. The lowest BCUT2D eigenvalue weighted by atomic mass is 9.82. The standard InChI is InChI=1S/C16H19F2/c1-6-8-13(10(3)4)14-12(7-2)9-11(5)15(17)16(14)18/h1,9-10,13H,2,7-8H2,3-5H3/t13-/m1/s1. The number of benzene rings is 1. The normalized spacial score (nSPS) is 12.6. The fraction of sp³-hybridized carbons (Fsp3) is 0.438. The molecule has 0 nitrogen and oxygen atoms in total. The van der Waals surface area contributed by atoms with Crippen molar-refractivity contribution in [2.24, 2.45) is 5.92 Å². The van der Waals surface area contributed by atoms with Crippen LogP contribution in [0.4, 0.5) is 8.78 Å². The Hall–Kier alpha value is -1.36. The first kappa shape index (κ1) is 14.7. The Morgan fingerprint density at radius 1 is 1.33 bits per heavy atom. The van der Waals surface area contributed by atoms with E-state index >= 15 is 0 Å². The lowest BCUT2D eigenvalue weighted by Gasteiger charge is -2.23. The largest absolute Gasteiger partial charge is 0.203 e. The Labute approximate surface area is 108 Å². The summed E-state index contributed by atoms with van der Waals surface area (Å²) in [5.41, 5.74) is 1.47. The van der Waals surface area contributed by atoms with Crippen LogP contribution < -0.4 is 0 Å². The maximum absolute atomic E-state index is 14.2. The Balaban J connectivity index is 3.46. The second-order valence-electron chi connectivity index (χ2n) is 4.90. The summed E-state index contributed by atoms with van der Waals surface area (Å²) in [6, 6.07) is 1.67. The lowest BCUT2D eigenvalue weighted by molar-refractivity contribution is 0.444. The van der Waals surface area contributed by atoms with Crippen molar-refractivity contribution >= 4 is 0 Å². The van der Waals surface area contributed by atoms with Gasteiger partial charge in [-0.1, -0.05) is 19.9 Å². The molecular weight excluding hydrogens is 230 g/mol. The monoisotopic (exact) mass is 249 g/mol. The fourth-order valence-electron chi connectivity index (χ4n) is 2.24. The molecule has 97 valence electrons. The molecule has 0 bridgehead atoms. The van der Waals surface area contributed by atoms with Crippen LogP contribution in [0.5, 0.6) is 0 Å². The quantitative estimate of drug-likeness (QED) is 0.693. The van der Waals surface area contributed by atoms with Gasteiger partial charge >= 0.3 is 0 Å². The Morgan fingerprint density at radius 2 is 1.94 bits per heavy atom. The lowest BCUT2D eigenvalue weighted by Crippen LogP contribution is -2.13. The third-order valence-corrected chi connectivity index (χ3v) is 3.29. The molecule has 0 aliphatic rings. The first-order valence-electron chi connectivity index (χ1n) is 6.14.